The lowest BCUT2D eigenvalue weighted by atomic mass is 9.57. The van der Waals surface area contributed by atoms with Crippen LogP contribution < -0.4 is 10.5 Å². The Morgan fingerprint density at radius 1 is 1.24 bits per heavy atom. The summed E-state index contributed by atoms with van der Waals surface area (Å²) in [6.45, 7) is 3.02. The summed E-state index contributed by atoms with van der Waals surface area (Å²) in [4.78, 5) is 42.5. The molecule has 42 heavy (non-hydrogen) atoms. The van der Waals surface area contributed by atoms with E-state index in [2.05, 4.69) is 4.74 Å². The maximum absolute atomic E-state index is 13.9. The van der Waals surface area contributed by atoms with Gasteiger partial charge < -0.3 is 30.9 Å². The van der Waals surface area contributed by atoms with Gasteiger partial charge in [0.1, 0.15) is 28.6 Å². The smallest absolute Gasteiger partial charge is 0.508 e. The van der Waals surface area contributed by atoms with Crippen LogP contribution >= 0.6 is 0 Å². The summed E-state index contributed by atoms with van der Waals surface area (Å²) < 4.78 is 45.9. The molecule has 11 nitrogen and oxygen atoms in total. The van der Waals surface area contributed by atoms with Crippen molar-refractivity contribution >= 4 is 23.2 Å². The summed E-state index contributed by atoms with van der Waals surface area (Å²) in [5.74, 6) is -9.26. The summed E-state index contributed by atoms with van der Waals surface area (Å²) >= 11 is 0. The number of alkyl halides is 3. The second-order valence-electron chi connectivity index (χ2n) is 11.5. The number of carbonyl (C=O) groups excluding carboxylic acids is 3. The van der Waals surface area contributed by atoms with Crippen LogP contribution in [-0.2, 0) is 20.8 Å². The zero-order valence-corrected chi connectivity index (χ0v) is 23.2. The van der Waals surface area contributed by atoms with Gasteiger partial charge in [-0.2, -0.15) is 0 Å². The number of halogens is 3. The third kappa shape index (κ3) is 4.26. The summed E-state index contributed by atoms with van der Waals surface area (Å²) in [5, 5.41) is 45.0. The largest absolute Gasteiger partial charge is 0.573 e. The Kier molecular flexibility index (Phi) is 7.10. The van der Waals surface area contributed by atoms with Crippen LogP contribution in [0.25, 0.3) is 5.76 Å². The third-order valence-electron chi connectivity index (χ3n) is 9.05. The van der Waals surface area contributed by atoms with Gasteiger partial charge in [0, 0.05) is 28.7 Å². The number of Topliss-reactive ketones (excluding diaryl/α,β-unsaturated/α-hetero) is 2. The highest BCUT2D eigenvalue weighted by molar-refractivity contribution is 6.24. The molecule has 1 amide bonds. The number of hydrogen-bond acceptors (Lipinski definition) is 10. The van der Waals surface area contributed by atoms with Crippen molar-refractivity contribution in [2.45, 2.75) is 56.7 Å². The lowest BCUT2D eigenvalue weighted by Crippen LogP contribution is -2.65. The van der Waals surface area contributed by atoms with Crippen molar-refractivity contribution < 1.29 is 52.7 Å². The van der Waals surface area contributed by atoms with E-state index in [0.717, 1.165) is 6.07 Å². The van der Waals surface area contributed by atoms with Crippen molar-refractivity contribution in [2.75, 3.05) is 27.2 Å². The molecule has 5 atom stereocenters. The highest BCUT2D eigenvalue weighted by Gasteiger charge is 2.64. The Morgan fingerprint density at radius 2 is 1.90 bits per heavy atom. The number of ether oxygens (including phenoxy) is 1. The van der Waals surface area contributed by atoms with E-state index in [1.807, 2.05) is 11.8 Å². The van der Waals surface area contributed by atoms with Crippen LogP contribution in [0.15, 0.2) is 23.0 Å². The van der Waals surface area contributed by atoms with Gasteiger partial charge in [0.05, 0.1) is 11.6 Å². The minimum Gasteiger partial charge on any atom is -0.508 e. The number of fused-ring (bicyclic) bond motifs is 3. The average molecular weight is 596 g/mol. The average Bonchev–Trinajstić information content (AvgIpc) is 3.35. The molecule has 0 aromatic heterocycles. The van der Waals surface area contributed by atoms with E-state index in [0.29, 0.717) is 25.9 Å². The van der Waals surface area contributed by atoms with Gasteiger partial charge in [-0.3, -0.25) is 24.2 Å². The minimum atomic E-state index is -5.12. The Morgan fingerprint density at radius 3 is 2.48 bits per heavy atom. The summed E-state index contributed by atoms with van der Waals surface area (Å²) in [7, 11) is 2.90. The van der Waals surface area contributed by atoms with E-state index in [4.69, 9.17) is 5.73 Å². The molecule has 6 N–H and O–H groups in total. The molecule has 5 rings (SSSR count). The number of aromatic hydroxyl groups is 1. The predicted molar refractivity (Wildman–Crippen MR) is 140 cm³/mol. The number of benzene rings is 1. The minimum absolute atomic E-state index is 0.0866. The predicted octanol–water partition coefficient (Wildman–Crippen LogP) is 2.02. The molecule has 4 aliphatic rings. The molecule has 0 radical (unpaired) electrons. The Labute approximate surface area is 238 Å². The first-order valence-corrected chi connectivity index (χ1v) is 13.6. The number of phenols is 1. The molecular weight excluding hydrogens is 563 g/mol. The summed E-state index contributed by atoms with van der Waals surface area (Å²) in [5.41, 5.74) is 0.497. The number of aliphatic hydroxyl groups is 3. The molecule has 1 aliphatic heterocycles. The molecule has 0 spiro atoms. The van der Waals surface area contributed by atoms with Gasteiger partial charge in [-0.05, 0) is 64.9 Å². The zero-order valence-electron chi connectivity index (χ0n) is 23.2. The first kappa shape index (κ1) is 29.9. The number of likely N-dealkylation sites (N-methyl/N-ethyl adjacent to an activating group) is 1. The van der Waals surface area contributed by atoms with E-state index in [9.17, 15) is 48.0 Å². The number of nitrogens with two attached hydrogens (primary N) is 1. The normalized spacial score (nSPS) is 30.0. The van der Waals surface area contributed by atoms with Gasteiger partial charge in [-0.15, -0.1) is 13.2 Å². The fraction of sp³-hybridized carbons (Fsp3) is 0.536. The van der Waals surface area contributed by atoms with Crippen LogP contribution in [0.3, 0.4) is 0 Å². The third-order valence-corrected chi connectivity index (χ3v) is 9.05. The number of aliphatic hydroxyl groups excluding tert-OH is 2. The molecule has 1 heterocycles. The van der Waals surface area contributed by atoms with Gasteiger partial charge in [-0.25, -0.2) is 0 Å². The van der Waals surface area contributed by atoms with Crippen LogP contribution in [0, 0.1) is 11.8 Å². The molecule has 14 heteroatoms. The van der Waals surface area contributed by atoms with E-state index in [-0.39, 0.29) is 24.0 Å². The Bertz CT molecular complexity index is 1450. The van der Waals surface area contributed by atoms with E-state index >= 15 is 0 Å². The monoisotopic (exact) mass is 595 g/mol. The standard InChI is InChI=1S/C28H32F3N3O8/c1-4-34-7-5-6-15(34)12-10-16(35)18-13(23(12)42-28(29,30)31)8-11-9-14-20(33(2)3)22(37)19(26(32)40)25(39)27(14,41)24(38)17(11)21(18)36/h10-11,14-15,20,35-36,39,41H,4-9H2,1-3H3,(H2,32,40)/t11-,14-,15?,20-,27-/m0/s1. The fourth-order valence-corrected chi connectivity index (χ4v) is 7.36. The Balaban J connectivity index is 1.74. The van der Waals surface area contributed by atoms with Crippen LogP contribution in [0.4, 0.5) is 13.2 Å². The molecule has 1 aromatic carbocycles. The highest BCUT2D eigenvalue weighted by atomic mass is 19.4. The molecule has 1 saturated carbocycles. The number of hydrogen-bond donors (Lipinski definition) is 5. The van der Waals surface area contributed by atoms with Crippen LogP contribution in [0.2, 0.25) is 0 Å². The van der Waals surface area contributed by atoms with Gasteiger partial charge in [-0.1, -0.05) is 6.92 Å². The number of likely N-dealkylation sites (tertiary alicyclic amines) is 1. The number of ketones is 2. The van der Waals surface area contributed by atoms with Crippen LogP contribution in [-0.4, -0.2) is 92.9 Å². The topological polar surface area (TPSA) is 174 Å². The van der Waals surface area contributed by atoms with Crippen molar-refractivity contribution in [3.05, 3.63) is 39.7 Å². The number of phenolic OH excluding ortho intramolecular Hbond substituents is 1. The van der Waals surface area contributed by atoms with E-state index in [1.165, 1.54) is 19.0 Å². The fourth-order valence-electron chi connectivity index (χ4n) is 7.36. The van der Waals surface area contributed by atoms with Crippen molar-refractivity contribution in [3.8, 4) is 11.5 Å². The maximum Gasteiger partial charge on any atom is 0.573 e. The van der Waals surface area contributed by atoms with Gasteiger partial charge >= 0.3 is 6.36 Å². The van der Waals surface area contributed by atoms with E-state index in [1.54, 1.807) is 0 Å². The lowest BCUT2D eigenvalue weighted by molar-refractivity contribution is -0.275. The van der Waals surface area contributed by atoms with E-state index < -0.39 is 93.1 Å². The summed E-state index contributed by atoms with van der Waals surface area (Å²) in [6.07, 6.45) is -4.48. The second-order valence-corrected chi connectivity index (χ2v) is 11.5. The van der Waals surface area contributed by atoms with Crippen molar-refractivity contribution in [1.29, 1.82) is 0 Å². The first-order valence-electron chi connectivity index (χ1n) is 13.6. The van der Waals surface area contributed by atoms with Gasteiger partial charge in [0.2, 0.25) is 5.78 Å². The highest BCUT2D eigenvalue weighted by Crippen LogP contribution is 2.55. The zero-order chi connectivity index (χ0) is 31.0. The van der Waals surface area contributed by atoms with Gasteiger partial charge in [0.15, 0.2) is 11.4 Å². The maximum atomic E-state index is 13.9. The van der Waals surface area contributed by atoms with Gasteiger partial charge in [0.25, 0.3) is 5.91 Å². The molecule has 228 valence electrons. The molecule has 1 aromatic rings. The summed E-state index contributed by atoms with van der Waals surface area (Å²) in [6, 6.07) is -0.730. The molecule has 2 fully saturated rings. The molecular formula is C28H32F3N3O8. The second kappa shape index (κ2) is 9.99. The molecule has 1 unspecified atom stereocenters. The van der Waals surface area contributed by atoms with Crippen LogP contribution in [0.5, 0.6) is 11.5 Å². The molecule has 1 saturated heterocycles. The van der Waals surface area contributed by atoms with Crippen LogP contribution in [0.1, 0.15) is 48.9 Å². The molecule has 3 aliphatic carbocycles. The number of primary amides is 1. The molecule has 0 bridgehead atoms. The lowest BCUT2D eigenvalue weighted by Gasteiger charge is -2.50. The number of nitrogens with zero attached hydrogens (tertiary/aromatic N) is 2. The number of rotatable bonds is 5. The SMILES string of the molecule is CCN1CCCC1c1cc(O)c2c(c1OC(F)(F)F)C[C@H]1C[C@H]3[C@H](N(C)C)C(=O)C(C(N)=O)=C(O)[C@@]3(O)C(=O)C1=C2O. The van der Waals surface area contributed by atoms with Crippen molar-refractivity contribution in [1.82, 2.24) is 9.80 Å². The Hall–Kier alpha value is -3.62. The van der Waals surface area contributed by atoms with Crippen molar-refractivity contribution in [3.63, 3.8) is 0 Å². The number of amides is 1. The first-order chi connectivity index (χ1) is 19.5. The quantitative estimate of drug-likeness (QED) is 0.317. The van der Waals surface area contributed by atoms with Crippen molar-refractivity contribution in [2.24, 2.45) is 17.6 Å². The number of carbonyl (C=O) groups is 3.